The van der Waals surface area contributed by atoms with Crippen LogP contribution in [-0.2, 0) is 0 Å². The number of nitrogens with zero attached hydrogens (tertiary/aromatic N) is 1. The minimum Gasteiger partial charge on any atom is -0.497 e. The Morgan fingerprint density at radius 1 is 1.50 bits per heavy atom. The zero-order valence-electron chi connectivity index (χ0n) is 11.2. The van der Waals surface area contributed by atoms with Crippen molar-refractivity contribution in [2.24, 2.45) is 4.99 Å². The van der Waals surface area contributed by atoms with Crippen molar-refractivity contribution in [2.45, 2.75) is 32.2 Å². The Bertz CT molecular complexity index is 447. The largest absolute Gasteiger partial charge is 0.497 e. The molecule has 0 saturated carbocycles. The first-order valence-corrected chi connectivity index (χ1v) is 7.27. The van der Waals surface area contributed by atoms with Crippen LogP contribution in [0.25, 0.3) is 0 Å². The lowest BCUT2D eigenvalue weighted by Gasteiger charge is -2.29. The minimum absolute atomic E-state index is 0.0897. The summed E-state index contributed by atoms with van der Waals surface area (Å²) in [5.41, 5.74) is 1.12. The second-order valence-electron chi connectivity index (χ2n) is 4.72. The molecule has 18 heavy (non-hydrogen) atoms. The zero-order chi connectivity index (χ0) is 13.0. The molecule has 0 radical (unpaired) electrons. The van der Waals surface area contributed by atoms with Gasteiger partial charge in [0.1, 0.15) is 5.75 Å². The zero-order valence-corrected chi connectivity index (χ0v) is 12.0. The summed E-state index contributed by atoms with van der Waals surface area (Å²) in [6, 6.07) is 7.94. The van der Waals surface area contributed by atoms with Gasteiger partial charge in [-0.2, -0.15) is 0 Å². The van der Waals surface area contributed by atoms with Gasteiger partial charge < -0.3 is 10.1 Å². The molecule has 0 aliphatic carbocycles. The van der Waals surface area contributed by atoms with Crippen LogP contribution in [0.3, 0.4) is 0 Å². The third-order valence-corrected chi connectivity index (χ3v) is 4.21. The van der Waals surface area contributed by atoms with Gasteiger partial charge in [0.25, 0.3) is 0 Å². The van der Waals surface area contributed by atoms with Gasteiger partial charge in [0.05, 0.1) is 12.6 Å². The van der Waals surface area contributed by atoms with Crippen molar-refractivity contribution in [1.29, 1.82) is 0 Å². The average Bonchev–Trinajstić information content (AvgIpc) is 2.39. The second-order valence-corrected chi connectivity index (χ2v) is 5.81. The molecule has 1 N–H and O–H groups in total. The van der Waals surface area contributed by atoms with E-state index in [2.05, 4.69) is 19.2 Å². The molecule has 1 heterocycles. The highest BCUT2D eigenvalue weighted by atomic mass is 32.2. The van der Waals surface area contributed by atoms with E-state index in [0.29, 0.717) is 0 Å². The summed E-state index contributed by atoms with van der Waals surface area (Å²) in [7, 11) is 1.68. The monoisotopic (exact) mass is 264 g/mol. The summed E-state index contributed by atoms with van der Waals surface area (Å²) in [6.07, 6.45) is 2.23. The Morgan fingerprint density at radius 3 is 3.06 bits per heavy atom. The predicted octanol–water partition coefficient (Wildman–Crippen LogP) is 3.77. The van der Waals surface area contributed by atoms with Gasteiger partial charge in [-0.15, -0.1) is 0 Å². The van der Waals surface area contributed by atoms with Crippen LogP contribution >= 0.6 is 11.8 Å². The number of benzene rings is 1. The molecule has 1 atom stereocenters. The standard InChI is InChI=1S/C14H20N2OS/c1-4-14(2)8-9-18-13(16-14)15-11-6-5-7-12(10-11)17-3/h5-7,10H,4,8-9H2,1-3H3,(H,15,16). The fourth-order valence-electron chi connectivity index (χ4n) is 1.85. The first-order valence-electron chi connectivity index (χ1n) is 6.29. The molecule has 1 aromatic rings. The molecule has 3 nitrogen and oxygen atoms in total. The first-order chi connectivity index (χ1) is 8.65. The van der Waals surface area contributed by atoms with Crippen LogP contribution in [-0.4, -0.2) is 23.6 Å². The maximum atomic E-state index is 5.22. The number of ether oxygens (including phenoxy) is 1. The van der Waals surface area contributed by atoms with Crippen molar-refractivity contribution >= 4 is 22.6 Å². The van der Waals surface area contributed by atoms with Gasteiger partial charge in [-0.1, -0.05) is 24.8 Å². The molecule has 0 fully saturated rings. The number of nitrogens with one attached hydrogen (secondary N) is 1. The SMILES string of the molecule is CCC1(C)CCSC(Nc2cccc(OC)c2)=N1. The number of thioether (sulfide) groups is 1. The minimum atomic E-state index is 0.0897. The summed E-state index contributed by atoms with van der Waals surface area (Å²) >= 11 is 1.79. The van der Waals surface area contributed by atoms with Gasteiger partial charge in [-0.25, -0.2) is 0 Å². The summed E-state index contributed by atoms with van der Waals surface area (Å²) in [4.78, 5) is 4.81. The summed E-state index contributed by atoms with van der Waals surface area (Å²) < 4.78 is 5.22. The maximum absolute atomic E-state index is 5.22. The number of methoxy groups -OCH3 is 1. The highest BCUT2D eigenvalue weighted by molar-refractivity contribution is 8.14. The molecule has 0 spiro atoms. The number of hydrogen-bond donors (Lipinski definition) is 1. The molecule has 2 rings (SSSR count). The molecule has 1 aliphatic rings. The van der Waals surface area contributed by atoms with E-state index in [1.165, 1.54) is 0 Å². The summed E-state index contributed by atoms with van der Waals surface area (Å²) in [6.45, 7) is 4.42. The van der Waals surface area contributed by atoms with Crippen LogP contribution in [0.1, 0.15) is 26.7 Å². The van der Waals surface area contributed by atoms with E-state index in [4.69, 9.17) is 9.73 Å². The number of rotatable bonds is 3. The second kappa shape index (κ2) is 5.65. The molecule has 0 saturated heterocycles. The van der Waals surface area contributed by atoms with E-state index in [0.717, 1.165) is 35.2 Å². The van der Waals surface area contributed by atoms with Gasteiger partial charge in [0.15, 0.2) is 5.17 Å². The topological polar surface area (TPSA) is 33.6 Å². The van der Waals surface area contributed by atoms with Gasteiger partial charge in [0.2, 0.25) is 0 Å². The number of aliphatic imine (C=N–C) groups is 1. The van der Waals surface area contributed by atoms with E-state index in [1.807, 2.05) is 24.3 Å². The number of amidine groups is 1. The van der Waals surface area contributed by atoms with Crippen molar-refractivity contribution in [1.82, 2.24) is 0 Å². The molecule has 4 heteroatoms. The van der Waals surface area contributed by atoms with Crippen LogP contribution in [0, 0.1) is 0 Å². The fourth-order valence-corrected chi connectivity index (χ4v) is 3.06. The fraction of sp³-hybridized carbons (Fsp3) is 0.500. The summed E-state index contributed by atoms with van der Waals surface area (Å²) in [5, 5.41) is 4.39. The smallest absolute Gasteiger partial charge is 0.161 e. The van der Waals surface area contributed by atoms with E-state index in [1.54, 1.807) is 18.9 Å². The Hall–Kier alpha value is -1.16. The van der Waals surface area contributed by atoms with Gasteiger partial charge in [-0.3, -0.25) is 4.99 Å². The van der Waals surface area contributed by atoms with E-state index in [-0.39, 0.29) is 5.54 Å². The van der Waals surface area contributed by atoms with Crippen LogP contribution in [0.15, 0.2) is 29.3 Å². The average molecular weight is 264 g/mol. The van der Waals surface area contributed by atoms with Gasteiger partial charge in [-0.05, 0) is 31.9 Å². The third kappa shape index (κ3) is 3.19. The molecular formula is C14H20N2OS. The van der Waals surface area contributed by atoms with E-state index in [9.17, 15) is 0 Å². The lowest BCUT2D eigenvalue weighted by molar-refractivity contribution is 0.415. The van der Waals surface area contributed by atoms with Crippen LogP contribution in [0.2, 0.25) is 0 Å². The Kier molecular flexibility index (Phi) is 4.17. The highest BCUT2D eigenvalue weighted by Gasteiger charge is 2.25. The van der Waals surface area contributed by atoms with Crippen LogP contribution in [0.4, 0.5) is 5.69 Å². The molecule has 0 amide bonds. The van der Waals surface area contributed by atoms with E-state index >= 15 is 0 Å². The van der Waals surface area contributed by atoms with E-state index < -0.39 is 0 Å². The lowest BCUT2D eigenvalue weighted by Crippen LogP contribution is -2.29. The molecule has 0 aromatic heterocycles. The first kappa shape index (κ1) is 13.3. The van der Waals surface area contributed by atoms with Crippen molar-refractivity contribution in [2.75, 3.05) is 18.2 Å². The molecule has 98 valence electrons. The number of hydrogen-bond acceptors (Lipinski definition) is 4. The maximum Gasteiger partial charge on any atom is 0.161 e. The lowest BCUT2D eigenvalue weighted by atomic mass is 9.97. The highest BCUT2D eigenvalue weighted by Crippen LogP contribution is 2.30. The third-order valence-electron chi connectivity index (χ3n) is 3.33. The van der Waals surface area contributed by atoms with Crippen molar-refractivity contribution in [3.05, 3.63) is 24.3 Å². The van der Waals surface area contributed by atoms with Gasteiger partial charge in [0, 0.05) is 17.5 Å². The quantitative estimate of drug-likeness (QED) is 0.902. The molecule has 0 bridgehead atoms. The Morgan fingerprint density at radius 2 is 2.33 bits per heavy atom. The predicted molar refractivity (Wildman–Crippen MR) is 79.8 cm³/mol. The molecular weight excluding hydrogens is 244 g/mol. The number of anilines is 1. The van der Waals surface area contributed by atoms with Crippen molar-refractivity contribution in [3.63, 3.8) is 0 Å². The van der Waals surface area contributed by atoms with Crippen LogP contribution in [0.5, 0.6) is 5.75 Å². The van der Waals surface area contributed by atoms with Gasteiger partial charge >= 0.3 is 0 Å². The molecule has 1 aliphatic heterocycles. The van der Waals surface area contributed by atoms with Crippen molar-refractivity contribution in [3.8, 4) is 5.75 Å². The summed E-state index contributed by atoms with van der Waals surface area (Å²) in [5.74, 6) is 1.99. The van der Waals surface area contributed by atoms with Crippen LogP contribution < -0.4 is 10.1 Å². The molecule has 1 unspecified atom stereocenters. The Balaban J connectivity index is 2.13. The normalized spacial score (nSPS) is 23.4. The Labute approximate surface area is 113 Å². The molecule has 1 aromatic carbocycles. The van der Waals surface area contributed by atoms with Crippen molar-refractivity contribution < 1.29 is 4.74 Å².